The average molecular weight is 417 g/mol. The van der Waals surface area contributed by atoms with E-state index in [1.54, 1.807) is 12.1 Å². The highest BCUT2D eigenvalue weighted by atomic mass is 35.5. The first-order valence-electron chi connectivity index (χ1n) is 10.3. The van der Waals surface area contributed by atoms with Crippen molar-refractivity contribution in [2.45, 2.75) is 44.2 Å². The van der Waals surface area contributed by atoms with Gasteiger partial charge in [-0.15, -0.1) is 0 Å². The van der Waals surface area contributed by atoms with Gasteiger partial charge in [-0.2, -0.15) is 10.4 Å². The number of aromatic amines is 1. The number of carbonyl (C=O) groups excluding carboxylic acids is 1. The van der Waals surface area contributed by atoms with E-state index < -0.39 is 0 Å². The molecular weight excluding hydrogens is 396 g/mol. The van der Waals surface area contributed by atoms with Crippen LogP contribution in [0.25, 0.3) is 11.1 Å². The lowest BCUT2D eigenvalue weighted by atomic mass is 9.91. The summed E-state index contributed by atoms with van der Waals surface area (Å²) in [6, 6.07) is 15.5. The van der Waals surface area contributed by atoms with Gasteiger partial charge in [-0.05, 0) is 55.9 Å². The molecule has 1 heterocycles. The van der Waals surface area contributed by atoms with Crippen molar-refractivity contribution in [3.8, 4) is 17.2 Å². The summed E-state index contributed by atoms with van der Waals surface area (Å²) in [6.07, 6.45) is 6.70. The first-order chi connectivity index (χ1) is 14.7. The molecule has 1 fully saturated rings. The van der Waals surface area contributed by atoms with Crippen LogP contribution in [0.15, 0.2) is 48.7 Å². The number of nitrogens with one attached hydrogen (secondary N) is 1. The van der Waals surface area contributed by atoms with Gasteiger partial charge in [0.25, 0.3) is 5.91 Å². The maximum absolute atomic E-state index is 13.5. The van der Waals surface area contributed by atoms with Crippen molar-refractivity contribution >= 4 is 17.5 Å². The Balaban J connectivity index is 1.44. The van der Waals surface area contributed by atoms with Crippen LogP contribution in [0.2, 0.25) is 5.02 Å². The molecule has 1 amide bonds. The third-order valence-corrected chi connectivity index (χ3v) is 6.43. The summed E-state index contributed by atoms with van der Waals surface area (Å²) in [5, 5.41) is 17.1. The molecule has 0 spiro atoms. The second-order valence-corrected chi connectivity index (χ2v) is 8.47. The minimum atomic E-state index is 0.0384. The highest BCUT2D eigenvalue weighted by molar-refractivity contribution is 6.33. The van der Waals surface area contributed by atoms with E-state index in [1.165, 1.54) is 11.3 Å². The molecule has 0 aliphatic heterocycles. The third-order valence-electron chi connectivity index (χ3n) is 6.11. The minimum absolute atomic E-state index is 0.0384. The molecule has 2 aliphatic carbocycles. The fourth-order valence-corrected chi connectivity index (χ4v) is 4.73. The Labute approximate surface area is 180 Å². The van der Waals surface area contributed by atoms with E-state index in [9.17, 15) is 10.1 Å². The number of carbonyl (C=O) groups is 1. The minimum Gasteiger partial charge on any atom is -0.332 e. The molecule has 2 aromatic carbocycles. The zero-order valence-corrected chi connectivity index (χ0v) is 17.2. The Morgan fingerprint density at radius 1 is 1.13 bits per heavy atom. The van der Waals surface area contributed by atoms with Gasteiger partial charge in [0, 0.05) is 39.5 Å². The van der Waals surface area contributed by atoms with Gasteiger partial charge in [-0.25, -0.2) is 0 Å². The van der Waals surface area contributed by atoms with E-state index in [0.717, 1.165) is 43.2 Å². The third kappa shape index (κ3) is 3.38. The van der Waals surface area contributed by atoms with Crippen molar-refractivity contribution in [2.75, 3.05) is 0 Å². The van der Waals surface area contributed by atoms with Crippen LogP contribution < -0.4 is 0 Å². The monoisotopic (exact) mass is 416 g/mol. The van der Waals surface area contributed by atoms with Crippen molar-refractivity contribution in [1.82, 2.24) is 15.1 Å². The lowest BCUT2D eigenvalue weighted by molar-refractivity contribution is 0.0643. The number of H-pyrrole nitrogens is 1. The summed E-state index contributed by atoms with van der Waals surface area (Å²) in [5.74, 6) is 0.0384. The number of nitrogens with zero attached hydrogens (tertiary/aromatic N) is 3. The molecule has 1 unspecified atom stereocenters. The largest absolute Gasteiger partial charge is 0.332 e. The molecule has 1 saturated carbocycles. The van der Waals surface area contributed by atoms with Crippen LogP contribution in [-0.4, -0.2) is 33.1 Å². The van der Waals surface area contributed by atoms with Crippen LogP contribution in [-0.2, 0) is 12.8 Å². The van der Waals surface area contributed by atoms with Gasteiger partial charge < -0.3 is 4.90 Å². The smallest absolute Gasteiger partial charge is 0.254 e. The van der Waals surface area contributed by atoms with Crippen LogP contribution >= 0.6 is 11.6 Å². The normalized spacial score (nSPS) is 17.8. The summed E-state index contributed by atoms with van der Waals surface area (Å²) in [4.78, 5) is 15.6. The van der Waals surface area contributed by atoms with Crippen molar-refractivity contribution in [1.29, 1.82) is 5.26 Å². The van der Waals surface area contributed by atoms with Gasteiger partial charge in [-0.1, -0.05) is 35.9 Å². The number of aryl methyl sites for hydroxylation is 1. The molecule has 150 valence electrons. The molecule has 0 saturated heterocycles. The average Bonchev–Trinajstić information content (AvgIpc) is 3.49. The van der Waals surface area contributed by atoms with Gasteiger partial charge in [0.15, 0.2) is 0 Å². The van der Waals surface area contributed by atoms with Gasteiger partial charge in [-0.3, -0.25) is 9.89 Å². The quantitative estimate of drug-likeness (QED) is 0.666. The van der Waals surface area contributed by atoms with E-state index in [4.69, 9.17) is 11.6 Å². The van der Waals surface area contributed by atoms with Gasteiger partial charge in [0.05, 0.1) is 17.8 Å². The molecule has 0 bridgehead atoms. The lowest BCUT2D eigenvalue weighted by Crippen LogP contribution is -2.44. The van der Waals surface area contributed by atoms with Gasteiger partial charge in [0.2, 0.25) is 0 Å². The lowest BCUT2D eigenvalue weighted by Gasteiger charge is -2.34. The van der Waals surface area contributed by atoms with Crippen LogP contribution in [0.4, 0.5) is 0 Å². The molecule has 2 aliphatic rings. The highest BCUT2D eigenvalue weighted by Crippen LogP contribution is 2.36. The van der Waals surface area contributed by atoms with Gasteiger partial charge >= 0.3 is 0 Å². The maximum Gasteiger partial charge on any atom is 0.254 e. The van der Waals surface area contributed by atoms with Crippen molar-refractivity contribution in [3.63, 3.8) is 0 Å². The Kier molecular flexibility index (Phi) is 4.80. The number of aromatic nitrogens is 2. The molecule has 3 aromatic rings. The number of fused-ring (bicyclic) bond motifs is 1. The number of hydrogen-bond donors (Lipinski definition) is 1. The summed E-state index contributed by atoms with van der Waals surface area (Å²) in [7, 11) is 0. The first kappa shape index (κ1) is 18.9. The number of hydrogen-bond acceptors (Lipinski definition) is 3. The predicted molar refractivity (Wildman–Crippen MR) is 115 cm³/mol. The Morgan fingerprint density at radius 3 is 2.73 bits per heavy atom. The Morgan fingerprint density at radius 2 is 1.97 bits per heavy atom. The SMILES string of the molecule is N#Cc1ccccc1-c1ccc(C(=O)N(C2CC2)C2CCc3[nH]ncc3C2)cc1Cl. The van der Waals surface area contributed by atoms with Crippen LogP contribution in [0.1, 0.15) is 46.4 Å². The molecular formula is C24H21ClN4O. The fraction of sp³-hybridized carbons (Fsp3) is 0.292. The van der Waals surface area contributed by atoms with E-state index in [2.05, 4.69) is 21.2 Å². The molecule has 5 rings (SSSR count). The fourth-order valence-electron chi connectivity index (χ4n) is 4.45. The summed E-state index contributed by atoms with van der Waals surface area (Å²) in [6.45, 7) is 0. The maximum atomic E-state index is 13.5. The topological polar surface area (TPSA) is 72.8 Å². The van der Waals surface area contributed by atoms with Crippen molar-refractivity contribution in [3.05, 3.63) is 76.1 Å². The predicted octanol–water partition coefficient (Wildman–Crippen LogP) is 4.76. The Bertz CT molecular complexity index is 1160. The number of amides is 1. The van der Waals surface area contributed by atoms with E-state index in [-0.39, 0.29) is 11.9 Å². The summed E-state index contributed by atoms with van der Waals surface area (Å²) in [5.41, 5.74) is 5.12. The highest BCUT2D eigenvalue weighted by Gasteiger charge is 2.39. The second kappa shape index (κ2) is 7.62. The molecule has 5 nitrogen and oxygen atoms in total. The van der Waals surface area contributed by atoms with E-state index >= 15 is 0 Å². The summed E-state index contributed by atoms with van der Waals surface area (Å²) < 4.78 is 0. The zero-order chi connectivity index (χ0) is 20.7. The molecule has 30 heavy (non-hydrogen) atoms. The number of halogens is 1. The van der Waals surface area contributed by atoms with E-state index in [0.29, 0.717) is 22.2 Å². The molecule has 1 N–H and O–H groups in total. The molecule has 6 heteroatoms. The molecule has 1 atom stereocenters. The first-order valence-corrected chi connectivity index (χ1v) is 10.7. The second-order valence-electron chi connectivity index (χ2n) is 8.07. The van der Waals surface area contributed by atoms with Crippen molar-refractivity contribution in [2.24, 2.45) is 0 Å². The van der Waals surface area contributed by atoms with Gasteiger partial charge in [0.1, 0.15) is 0 Å². The summed E-state index contributed by atoms with van der Waals surface area (Å²) >= 11 is 6.58. The van der Waals surface area contributed by atoms with E-state index in [1.807, 2.05) is 36.5 Å². The molecule has 1 aromatic heterocycles. The number of nitriles is 1. The molecule has 0 radical (unpaired) electrons. The standard InChI is InChI=1S/C24H21ClN4O/c25-22-12-15(5-9-21(22)20-4-2-1-3-16(20)13-26)24(30)29(18-6-7-18)19-8-10-23-17(11-19)14-27-28-23/h1-5,9,12,14,18-19H,6-8,10-11H2,(H,27,28). The van der Waals surface area contributed by atoms with Crippen LogP contribution in [0, 0.1) is 11.3 Å². The zero-order valence-electron chi connectivity index (χ0n) is 16.4. The number of rotatable bonds is 4. The van der Waals surface area contributed by atoms with Crippen molar-refractivity contribution < 1.29 is 4.79 Å². The Hall–Kier alpha value is -3.10. The number of benzene rings is 2. The van der Waals surface area contributed by atoms with Crippen LogP contribution in [0.3, 0.4) is 0 Å². The van der Waals surface area contributed by atoms with Crippen LogP contribution in [0.5, 0.6) is 0 Å².